The lowest BCUT2D eigenvalue weighted by Crippen LogP contribution is -2.15. The van der Waals surface area contributed by atoms with Gasteiger partial charge in [-0.3, -0.25) is 0 Å². The Morgan fingerprint density at radius 3 is 2.53 bits per heavy atom. The Morgan fingerprint density at radius 1 is 1.21 bits per heavy atom. The van der Waals surface area contributed by atoms with Crippen molar-refractivity contribution in [1.82, 2.24) is 9.78 Å². The van der Waals surface area contributed by atoms with E-state index in [2.05, 4.69) is 5.10 Å². The van der Waals surface area contributed by atoms with Crippen molar-refractivity contribution in [1.29, 1.82) is 0 Å². The van der Waals surface area contributed by atoms with E-state index >= 15 is 0 Å². The first-order valence-corrected chi connectivity index (χ1v) is 7.10. The fourth-order valence-corrected chi connectivity index (χ4v) is 2.83. The molecule has 1 heterocycles. The molecule has 0 atom stereocenters. The molecule has 19 heavy (non-hydrogen) atoms. The van der Waals surface area contributed by atoms with Gasteiger partial charge in [0.2, 0.25) is 0 Å². The Labute approximate surface area is 109 Å². The van der Waals surface area contributed by atoms with Crippen molar-refractivity contribution >= 4 is 15.7 Å². The number of aryl methyl sites for hydroxylation is 1. The van der Waals surface area contributed by atoms with Gasteiger partial charge in [0.1, 0.15) is 6.54 Å². The lowest BCUT2D eigenvalue weighted by molar-refractivity contribution is -0.392. The Kier molecular flexibility index (Phi) is 3.61. The monoisotopic (exact) mass is 281 g/mol. The van der Waals surface area contributed by atoms with Crippen LogP contribution in [0.4, 0.5) is 5.82 Å². The van der Waals surface area contributed by atoms with Gasteiger partial charge in [0.25, 0.3) is 0 Å². The van der Waals surface area contributed by atoms with E-state index in [-0.39, 0.29) is 23.0 Å². The molecule has 0 bridgehead atoms. The Balaban J connectivity index is 2.15. The molecule has 0 aliphatic carbocycles. The summed E-state index contributed by atoms with van der Waals surface area (Å²) in [4.78, 5) is 10.3. The summed E-state index contributed by atoms with van der Waals surface area (Å²) in [6, 6.07) is 9.19. The van der Waals surface area contributed by atoms with E-state index in [1.54, 1.807) is 18.2 Å². The first-order valence-electron chi connectivity index (χ1n) is 5.45. The maximum Gasteiger partial charge on any atom is 0.344 e. The van der Waals surface area contributed by atoms with Crippen molar-refractivity contribution in [3.8, 4) is 0 Å². The van der Waals surface area contributed by atoms with Gasteiger partial charge in [-0.15, -0.1) is 4.68 Å². The van der Waals surface area contributed by atoms with Gasteiger partial charge in [-0.25, -0.2) is 8.42 Å². The largest absolute Gasteiger partial charge is 0.358 e. The van der Waals surface area contributed by atoms with Crippen molar-refractivity contribution in [2.24, 2.45) is 0 Å². The molecule has 8 heteroatoms. The maximum atomic E-state index is 12.0. The van der Waals surface area contributed by atoms with Crippen LogP contribution in [-0.4, -0.2) is 28.9 Å². The van der Waals surface area contributed by atoms with Gasteiger partial charge in [-0.05, 0) is 17.1 Å². The summed E-state index contributed by atoms with van der Waals surface area (Å²) in [7, 11) is -3.46. The number of aromatic nitrogens is 2. The molecule has 1 aromatic carbocycles. The lowest BCUT2D eigenvalue weighted by atomic mass is 10.4. The topological polar surface area (TPSA) is 95.1 Å². The van der Waals surface area contributed by atoms with Crippen LogP contribution in [0.2, 0.25) is 0 Å². The number of benzene rings is 1. The summed E-state index contributed by atoms with van der Waals surface area (Å²) in [5.41, 5.74) is 0. The van der Waals surface area contributed by atoms with Crippen LogP contribution in [0.5, 0.6) is 0 Å². The predicted molar refractivity (Wildman–Crippen MR) is 67.4 cm³/mol. The molecule has 100 valence electrons. The Bertz CT molecular complexity index is 679. The zero-order chi connectivity index (χ0) is 13.9. The normalized spacial score (nSPS) is 11.4. The van der Waals surface area contributed by atoms with E-state index in [0.29, 0.717) is 0 Å². The summed E-state index contributed by atoms with van der Waals surface area (Å²) in [5, 5.41) is 14.4. The molecule has 0 aliphatic rings. The van der Waals surface area contributed by atoms with Gasteiger partial charge in [-0.1, -0.05) is 23.3 Å². The fraction of sp³-hybridized carbons (Fsp3) is 0.182. The van der Waals surface area contributed by atoms with Gasteiger partial charge >= 0.3 is 5.82 Å². The molecular weight excluding hydrogens is 270 g/mol. The van der Waals surface area contributed by atoms with E-state index in [1.807, 2.05) is 0 Å². The second-order valence-corrected chi connectivity index (χ2v) is 5.91. The SMILES string of the molecule is O=[N+]([O-])c1ccnn1CCS(=O)(=O)c1ccccc1. The minimum absolute atomic E-state index is 0.0550. The van der Waals surface area contributed by atoms with Gasteiger partial charge < -0.3 is 10.1 Å². The summed E-state index contributed by atoms with van der Waals surface area (Å²) in [6.45, 7) is -0.0550. The highest BCUT2D eigenvalue weighted by Crippen LogP contribution is 2.13. The van der Waals surface area contributed by atoms with Crippen LogP contribution >= 0.6 is 0 Å². The van der Waals surface area contributed by atoms with Crippen LogP contribution in [0.15, 0.2) is 47.5 Å². The molecule has 0 saturated carbocycles. The molecular formula is C11H11N3O4S. The van der Waals surface area contributed by atoms with Crippen molar-refractivity contribution in [2.75, 3.05) is 5.75 Å². The van der Waals surface area contributed by atoms with Crippen LogP contribution < -0.4 is 0 Å². The van der Waals surface area contributed by atoms with Crippen molar-refractivity contribution in [3.63, 3.8) is 0 Å². The molecule has 0 aliphatic heterocycles. The molecule has 0 N–H and O–H groups in total. The lowest BCUT2D eigenvalue weighted by Gasteiger charge is -2.03. The molecule has 0 spiro atoms. The average molecular weight is 281 g/mol. The average Bonchev–Trinajstić information content (AvgIpc) is 2.86. The van der Waals surface area contributed by atoms with E-state index in [1.165, 1.54) is 24.4 Å². The van der Waals surface area contributed by atoms with Crippen molar-refractivity contribution in [3.05, 3.63) is 52.7 Å². The van der Waals surface area contributed by atoms with Crippen molar-refractivity contribution in [2.45, 2.75) is 11.4 Å². The quantitative estimate of drug-likeness (QED) is 0.607. The molecule has 2 rings (SSSR count). The Hall–Kier alpha value is -2.22. The van der Waals surface area contributed by atoms with Crippen LogP contribution in [0.25, 0.3) is 0 Å². The van der Waals surface area contributed by atoms with Crippen LogP contribution in [0.1, 0.15) is 0 Å². The number of nitrogens with zero attached hydrogens (tertiary/aromatic N) is 3. The standard InChI is InChI=1S/C11H11N3O4S/c15-14(16)11-6-7-12-13(11)8-9-19(17,18)10-4-2-1-3-5-10/h1-7H,8-9H2. The molecule has 1 aromatic heterocycles. The smallest absolute Gasteiger partial charge is 0.344 e. The van der Waals surface area contributed by atoms with E-state index in [4.69, 9.17) is 0 Å². The molecule has 2 aromatic rings. The maximum absolute atomic E-state index is 12.0. The fourth-order valence-electron chi connectivity index (χ4n) is 1.61. The summed E-state index contributed by atoms with van der Waals surface area (Å²) in [5.74, 6) is -0.456. The second kappa shape index (κ2) is 5.19. The van der Waals surface area contributed by atoms with Gasteiger partial charge in [0, 0.05) is 0 Å². The summed E-state index contributed by atoms with van der Waals surface area (Å²) in [6.07, 6.45) is 1.27. The first-order chi connectivity index (χ1) is 9.00. The highest BCUT2D eigenvalue weighted by Gasteiger charge is 2.19. The summed E-state index contributed by atoms with van der Waals surface area (Å²) >= 11 is 0. The highest BCUT2D eigenvalue weighted by atomic mass is 32.2. The molecule has 0 amide bonds. The third-order valence-corrected chi connectivity index (χ3v) is 4.27. The molecule has 0 unspecified atom stereocenters. The highest BCUT2D eigenvalue weighted by molar-refractivity contribution is 7.91. The zero-order valence-electron chi connectivity index (χ0n) is 9.84. The van der Waals surface area contributed by atoms with Gasteiger partial charge in [0.05, 0.1) is 22.9 Å². The number of rotatable bonds is 5. The molecule has 7 nitrogen and oxygen atoms in total. The Morgan fingerprint density at radius 2 is 1.89 bits per heavy atom. The van der Waals surface area contributed by atoms with Crippen LogP contribution in [0.3, 0.4) is 0 Å². The third kappa shape index (κ3) is 2.97. The first kappa shape index (κ1) is 13.2. The molecule has 0 fully saturated rings. The predicted octanol–water partition coefficient (Wildman–Crippen LogP) is 1.27. The van der Waals surface area contributed by atoms with Crippen LogP contribution in [-0.2, 0) is 16.4 Å². The third-order valence-electron chi connectivity index (χ3n) is 2.56. The molecule has 0 radical (unpaired) electrons. The number of hydrogen-bond donors (Lipinski definition) is 0. The minimum Gasteiger partial charge on any atom is -0.358 e. The van der Waals surface area contributed by atoms with Crippen LogP contribution in [0, 0.1) is 10.1 Å². The minimum atomic E-state index is -3.46. The molecule has 0 saturated heterocycles. The van der Waals surface area contributed by atoms with E-state index in [9.17, 15) is 18.5 Å². The van der Waals surface area contributed by atoms with E-state index < -0.39 is 14.8 Å². The van der Waals surface area contributed by atoms with Gasteiger partial charge in [0.15, 0.2) is 9.84 Å². The number of nitro groups is 1. The number of sulfone groups is 1. The van der Waals surface area contributed by atoms with Crippen molar-refractivity contribution < 1.29 is 13.3 Å². The summed E-state index contributed by atoms with van der Waals surface area (Å²) < 4.78 is 25.1. The number of hydrogen-bond acceptors (Lipinski definition) is 5. The second-order valence-electron chi connectivity index (χ2n) is 3.80. The van der Waals surface area contributed by atoms with E-state index in [0.717, 1.165) is 4.68 Å². The van der Waals surface area contributed by atoms with Gasteiger partial charge in [-0.2, -0.15) is 0 Å². The zero-order valence-corrected chi connectivity index (χ0v) is 10.7.